The highest BCUT2D eigenvalue weighted by Crippen LogP contribution is 2.45. The van der Waals surface area contributed by atoms with Gasteiger partial charge < -0.3 is 5.32 Å². The summed E-state index contributed by atoms with van der Waals surface area (Å²) < 4.78 is 0. The first kappa shape index (κ1) is 9.40. The van der Waals surface area contributed by atoms with Crippen LogP contribution in [0.15, 0.2) is 12.4 Å². The molecule has 80 valence electrons. The molecule has 1 N–H and O–H groups in total. The van der Waals surface area contributed by atoms with Gasteiger partial charge in [-0.2, -0.15) is 0 Å². The molecule has 3 unspecified atom stereocenters. The summed E-state index contributed by atoms with van der Waals surface area (Å²) in [6.07, 6.45) is 7.01. The van der Waals surface area contributed by atoms with E-state index in [0.717, 1.165) is 17.7 Å². The SMILES string of the molecule is Clc1cc(NC2CC3CCC2C3)ncn1. The van der Waals surface area contributed by atoms with Gasteiger partial charge in [0.05, 0.1) is 0 Å². The maximum absolute atomic E-state index is 5.82. The summed E-state index contributed by atoms with van der Waals surface area (Å²) in [7, 11) is 0. The fourth-order valence-electron chi connectivity index (χ4n) is 3.02. The molecule has 0 saturated heterocycles. The van der Waals surface area contributed by atoms with Gasteiger partial charge in [-0.3, -0.25) is 0 Å². The van der Waals surface area contributed by atoms with Crippen molar-refractivity contribution >= 4 is 17.4 Å². The largest absolute Gasteiger partial charge is 0.367 e. The average Bonchev–Trinajstić information content (AvgIpc) is 2.79. The fraction of sp³-hybridized carbons (Fsp3) is 0.636. The van der Waals surface area contributed by atoms with E-state index in [1.165, 1.54) is 32.0 Å². The maximum atomic E-state index is 5.82. The van der Waals surface area contributed by atoms with Crippen LogP contribution in [0, 0.1) is 11.8 Å². The molecule has 3 atom stereocenters. The van der Waals surface area contributed by atoms with Crippen molar-refractivity contribution in [2.45, 2.75) is 31.7 Å². The zero-order valence-electron chi connectivity index (χ0n) is 8.49. The quantitative estimate of drug-likeness (QED) is 0.784. The predicted molar refractivity (Wildman–Crippen MR) is 59.9 cm³/mol. The monoisotopic (exact) mass is 223 g/mol. The van der Waals surface area contributed by atoms with E-state index in [0.29, 0.717) is 11.2 Å². The first-order chi connectivity index (χ1) is 7.31. The van der Waals surface area contributed by atoms with E-state index in [2.05, 4.69) is 15.3 Å². The van der Waals surface area contributed by atoms with Gasteiger partial charge in [0.25, 0.3) is 0 Å². The third-order valence-corrected chi connectivity index (χ3v) is 3.91. The van der Waals surface area contributed by atoms with E-state index < -0.39 is 0 Å². The van der Waals surface area contributed by atoms with Gasteiger partial charge in [-0.25, -0.2) is 9.97 Å². The Morgan fingerprint density at radius 2 is 2.20 bits per heavy atom. The smallest absolute Gasteiger partial charge is 0.134 e. The number of nitrogens with zero attached hydrogens (tertiary/aromatic N) is 2. The summed E-state index contributed by atoms with van der Waals surface area (Å²) in [5, 5.41) is 3.99. The van der Waals surface area contributed by atoms with Gasteiger partial charge in [0.2, 0.25) is 0 Å². The summed E-state index contributed by atoms with van der Waals surface area (Å²) in [4.78, 5) is 8.06. The van der Waals surface area contributed by atoms with Crippen LogP contribution in [0.3, 0.4) is 0 Å². The van der Waals surface area contributed by atoms with Crippen molar-refractivity contribution < 1.29 is 0 Å². The van der Waals surface area contributed by atoms with Crippen molar-refractivity contribution in [1.29, 1.82) is 0 Å². The molecular weight excluding hydrogens is 210 g/mol. The fourth-order valence-corrected chi connectivity index (χ4v) is 3.17. The van der Waals surface area contributed by atoms with Crippen molar-refractivity contribution in [2.24, 2.45) is 11.8 Å². The molecule has 15 heavy (non-hydrogen) atoms. The topological polar surface area (TPSA) is 37.8 Å². The number of halogens is 1. The highest BCUT2D eigenvalue weighted by Gasteiger charge is 2.39. The highest BCUT2D eigenvalue weighted by molar-refractivity contribution is 6.29. The molecule has 3 rings (SSSR count). The Morgan fingerprint density at radius 1 is 1.27 bits per heavy atom. The minimum Gasteiger partial charge on any atom is -0.367 e. The molecule has 2 fully saturated rings. The molecule has 0 spiro atoms. The second-order valence-electron chi connectivity index (χ2n) is 4.65. The van der Waals surface area contributed by atoms with Gasteiger partial charge in [0.15, 0.2) is 0 Å². The normalized spacial score (nSPS) is 33.3. The molecule has 2 bridgehead atoms. The Balaban J connectivity index is 1.71. The summed E-state index contributed by atoms with van der Waals surface area (Å²) in [5.41, 5.74) is 0. The Hall–Kier alpha value is -0.830. The van der Waals surface area contributed by atoms with E-state index >= 15 is 0 Å². The van der Waals surface area contributed by atoms with Crippen molar-refractivity contribution in [3.8, 4) is 0 Å². The Bertz CT molecular complexity index is 369. The number of fused-ring (bicyclic) bond motifs is 2. The van der Waals surface area contributed by atoms with E-state index in [1.807, 2.05) is 0 Å². The van der Waals surface area contributed by atoms with Crippen LogP contribution >= 0.6 is 11.6 Å². The van der Waals surface area contributed by atoms with Crippen LogP contribution in [0.25, 0.3) is 0 Å². The van der Waals surface area contributed by atoms with Crippen LogP contribution < -0.4 is 5.32 Å². The molecule has 1 heterocycles. The molecule has 0 aromatic carbocycles. The Labute approximate surface area is 94.3 Å². The van der Waals surface area contributed by atoms with Gasteiger partial charge in [-0.1, -0.05) is 18.0 Å². The molecule has 4 heteroatoms. The summed E-state index contributed by atoms with van der Waals surface area (Å²) in [5.74, 6) is 2.67. The number of hydrogen-bond donors (Lipinski definition) is 1. The molecule has 2 saturated carbocycles. The van der Waals surface area contributed by atoms with Gasteiger partial charge in [-0.05, 0) is 31.1 Å². The molecule has 1 aromatic heterocycles. The molecule has 2 aliphatic rings. The van der Waals surface area contributed by atoms with E-state index in [9.17, 15) is 0 Å². The zero-order valence-corrected chi connectivity index (χ0v) is 9.24. The minimum atomic E-state index is 0.510. The lowest BCUT2D eigenvalue weighted by Crippen LogP contribution is -2.26. The van der Waals surface area contributed by atoms with Gasteiger partial charge >= 0.3 is 0 Å². The number of aromatic nitrogens is 2. The maximum Gasteiger partial charge on any atom is 0.134 e. The number of hydrogen-bond acceptors (Lipinski definition) is 3. The van der Waals surface area contributed by atoms with Crippen LogP contribution in [0.1, 0.15) is 25.7 Å². The van der Waals surface area contributed by atoms with Crippen molar-refractivity contribution in [3.63, 3.8) is 0 Å². The zero-order chi connectivity index (χ0) is 10.3. The number of nitrogens with one attached hydrogen (secondary N) is 1. The van der Waals surface area contributed by atoms with Crippen molar-refractivity contribution in [1.82, 2.24) is 9.97 Å². The van der Waals surface area contributed by atoms with Crippen LogP contribution in [0.2, 0.25) is 5.15 Å². The molecule has 0 aliphatic heterocycles. The minimum absolute atomic E-state index is 0.510. The average molecular weight is 224 g/mol. The van der Waals surface area contributed by atoms with Crippen molar-refractivity contribution in [2.75, 3.05) is 5.32 Å². The van der Waals surface area contributed by atoms with Crippen LogP contribution in [0.5, 0.6) is 0 Å². The molecule has 2 aliphatic carbocycles. The summed E-state index contributed by atoms with van der Waals surface area (Å²) >= 11 is 5.82. The molecule has 3 nitrogen and oxygen atoms in total. The van der Waals surface area contributed by atoms with Crippen LogP contribution in [-0.2, 0) is 0 Å². The predicted octanol–water partition coefficient (Wildman–Crippen LogP) is 2.73. The summed E-state index contributed by atoms with van der Waals surface area (Å²) in [6.45, 7) is 0. The number of rotatable bonds is 2. The van der Waals surface area contributed by atoms with E-state index in [-0.39, 0.29) is 0 Å². The summed E-state index contributed by atoms with van der Waals surface area (Å²) in [6, 6.07) is 2.41. The van der Waals surface area contributed by atoms with Crippen LogP contribution in [0.4, 0.5) is 5.82 Å². The lowest BCUT2D eigenvalue weighted by molar-refractivity contribution is 0.439. The lowest BCUT2D eigenvalue weighted by atomic mass is 9.95. The van der Waals surface area contributed by atoms with Crippen LogP contribution in [-0.4, -0.2) is 16.0 Å². The van der Waals surface area contributed by atoms with E-state index in [1.54, 1.807) is 6.07 Å². The lowest BCUT2D eigenvalue weighted by Gasteiger charge is -2.23. The second kappa shape index (κ2) is 3.63. The first-order valence-corrected chi connectivity index (χ1v) is 5.93. The first-order valence-electron chi connectivity index (χ1n) is 5.55. The number of anilines is 1. The third-order valence-electron chi connectivity index (χ3n) is 3.71. The molecule has 1 aromatic rings. The van der Waals surface area contributed by atoms with Gasteiger partial charge in [0.1, 0.15) is 17.3 Å². The van der Waals surface area contributed by atoms with Gasteiger partial charge in [0, 0.05) is 12.1 Å². The molecule has 0 amide bonds. The highest BCUT2D eigenvalue weighted by atomic mass is 35.5. The third kappa shape index (κ3) is 1.81. The van der Waals surface area contributed by atoms with Gasteiger partial charge in [-0.15, -0.1) is 0 Å². The molecular formula is C11H14ClN3. The Morgan fingerprint density at radius 3 is 2.87 bits per heavy atom. The standard InChI is InChI=1S/C11H14ClN3/c12-10-5-11(14-6-13-10)15-9-4-7-1-2-8(9)3-7/h5-9H,1-4H2,(H,13,14,15). The Kier molecular flexibility index (Phi) is 2.28. The molecule has 0 radical (unpaired) electrons. The van der Waals surface area contributed by atoms with E-state index in [4.69, 9.17) is 11.6 Å². The van der Waals surface area contributed by atoms with Crippen molar-refractivity contribution in [3.05, 3.63) is 17.5 Å². The second-order valence-corrected chi connectivity index (χ2v) is 5.04.